The lowest BCUT2D eigenvalue weighted by atomic mass is 9.94. The zero-order chi connectivity index (χ0) is 13.7. The molecule has 104 valence electrons. The van der Waals surface area contributed by atoms with E-state index in [0.717, 1.165) is 19.6 Å². The van der Waals surface area contributed by atoms with E-state index >= 15 is 0 Å². The molecule has 0 aliphatic carbocycles. The van der Waals surface area contributed by atoms with Gasteiger partial charge in [-0.25, -0.2) is 4.79 Å². The molecule has 1 fully saturated rings. The van der Waals surface area contributed by atoms with Crippen molar-refractivity contribution in [3.8, 4) is 0 Å². The Morgan fingerprint density at radius 3 is 2.79 bits per heavy atom. The number of amides is 1. The van der Waals surface area contributed by atoms with Crippen LogP contribution in [0.25, 0.3) is 0 Å². The van der Waals surface area contributed by atoms with Gasteiger partial charge >= 0.3 is 6.09 Å². The maximum absolute atomic E-state index is 10.5. The number of aliphatic hydroxyl groups is 1. The zero-order valence-corrected chi connectivity index (χ0v) is 10.8. The SMILES string of the molecule is O=C(O)NC[C@H]1CN(Cc2ccccc2)CC[C@H]1O. The number of aliphatic hydroxyl groups excluding tert-OH is 1. The van der Waals surface area contributed by atoms with Crippen LogP contribution in [0.1, 0.15) is 12.0 Å². The fraction of sp³-hybridized carbons (Fsp3) is 0.500. The van der Waals surface area contributed by atoms with Crippen LogP contribution < -0.4 is 5.32 Å². The van der Waals surface area contributed by atoms with Gasteiger partial charge in [-0.2, -0.15) is 0 Å². The second-order valence-corrected chi connectivity index (χ2v) is 5.02. The lowest BCUT2D eigenvalue weighted by Gasteiger charge is -2.36. The number of carbonyl (C=O) groups is 1. The third kappa shape index (κ3) is 4.22. The fourth-order valence-corrected chi connectivity index (χ4v) is 2.50. The van der Waals surface area contributed by atoms with Gasteiger partial charge in [0.25, 0.3) is 0 Å². The number of piperidine rings is 1. The first-order valence-corrected chi connectivity index (χ1v) is 6.56. The third-order valence-electron chi connectivity index (χ3n) is 3.54. The minimum Gasteiger partial charge on any atom is -0.465 e. The van der Waals surface area contributed by atoms with E-state index in [1.807, 2.05) is 18.2 Å². The van der Waals surface area contributed by atoms with Crippen molar-refractivity contribution in [2.45, 2.75) is 19.1 Å². The number of benzene rings is 1. The standard InChI is InChI=1S/C14H20N2O3/c17-13-6-7-16(9-11-4-2-1-3-5-11)10-12(13)8-15-14(18)19/h1-5,12-13,15,17H,6-10H2,(H,18,19)/t12-,13+/m0/s1. The van der Waals surface area contributed by atoms with Gasteiger partial charge in [0, 0.05) is 32.1 Å². The Morgan fingerprint density at radius 1 is 1.37 bits per heavy atom. The number of nitrogens with zero attached hydrogens (tertiary/aromatic N) is 1. The highest BCUT2D eigenvalue weighted by atomic mass is 16.4. The Bertz CT molecular complexity index is 410. The van der Waals surface area contributed by atoms with Gasteiger partial charge in [-0.05, 0) is 12.0 Å². The van der Waals surface area contributed by atoms with Gasteiger partial charge in [-0.1, -0.05) is 30.3 Å². The van der Waals surface area contributed by atoms with Crippen LogP contribution in [0.2, 0.25) is 0 Å². The first kappa shape index (κ1) is 13.8. The molecule has 1 aliphatic rings. The summed E-state index contributed by atoms with van der Waals surface area (Å²) < 4.78 is 0. The maximum atomic E-state index is 10.5. The number of carboxylic acid groups (broad SMARTS) is 1. The van der Waals surface area contributed by atoms with E-state index in [2.05, 4.69) is 22.3 Å². The minimum atomic E-state index is -1.03. The minimum absolute atomic E-state index is 0.0337. The molecule has 1 amide bonds. The molecule has 0 bridgehead atoms. The van der Waals surface area contributed by atoms with Gasteiger partial charge in [-0.15, -0.1) is 0 Å². The Labute approximate surface area is 112 Å². The predicted octanol–water partition coefficient (Wildman–Crippen LogP) is 1.14. The second kappa shape index (κ2) is 6.54. The molecule has 5 heteroatoms. The van der Waals surface area contributed by atoms with Crippen LogP contribution >= 0.6 is 0 Å². The summed E-state index contributed by atoms with van der Waals surface area (Å²) in [6.45, 7) is 2.72. The molecule has 2 rings (SSSR count). The van der Waals surface area contributed by atoms with Crippen molar-refractivity contribution < 1.29 is 15.0 Å². The normalized spacial score (nSPS) is 24.1. The summed E-state index contributed by atoms with van der Waals surface area (Å²) in [6.07, 6.45) is -0.759. The van der Waals surface area contributed by atoms with Crippen LogP contribution in [-0.4, -0.2) is 46.9 Å². The number of nitrogens with one attached hydrogen (secondary N) is 1. The van der Waals surface area contributed by atoms with Gasteiger partial charge in [-0.3, -0.25) is 4.90 Å². The van der Waals surface area contributed by atoms with Crippen LogP contribution in [0, 0.1) is 5.92 Å². The molecular formula is C14H20N2O3. The van der Waals surface area contributed by atoms with E-state index in [0.29, 0.717) is 13.0 Å². The lowest BCUT2D eigenvalue weighted by molar-refractivity contribution is 0.0244. The quantitative estimate of drug-likeness (QED) is 0.762. The van der Waals surface area contributed by atoms with E-state index in [-0.39, 0.29) is 5.92 Å². The van der Waals surface area contributed by atoms with Crippen molar-refractivity contribution in [1.29, 1.82) is 0 Å². The van der Waals surface area contributed by atoms with Gasteiger partial charge in [0.15, 0.2) is 0 Å². The van der Waals surface area contributed by atoms with E-state index in [1.54, 1.807) is 0 Å². The molecule has 1 aliphatic heterocycles. The van der Waals surface area contributed by atoms with Gasteiger partial charge in [0.1, 0.15) is 0 Å². The summed E-state index contributed by atoms with van der Waals surface area (Å²) in [5.74, 6) is -0.0337. The second-order valence-electron chi connectivity index (χ2n) is 5.02. The summed E-state index contributed by atoms with van der Waals surface area (Å²) in [6, 6.07) is 10.2. The van der Waals surface area contributed by atoms with Crippen LogP contribution in [-0.2, 0) is 6.54 Å². The van der Waals surface area contributed by atoms with E-state index < -0.39 is 12.2 Å². The van der Waals surface area contributed by atoms with Crippen molar-refractivity contribution >= 4 is 6.09 Å². The molecule has 1 aromatic rings. The van der Waals surface area contributed by atoms with Crippen LogP contribution in [0.3, 0.4) is 0 Å². The van der Waals surface area contributed by atoms with E-state index in [9.17, 15) is 9.90 Å². The molecular weight excluding hydrogens is 244 g/mol. The fourth-order valence-electron chi connectivity index (χ4n) is 2.50. The summed E-state index contributed by atoms with van der Waals surface area (Å²) in [7, 11) is 0. The first-order valence-electron chi connectivity index (χ1n) is 6.56. The zero-order valence-electron chi connectivity index (χ0n) is 10.8. The van der Waals surface area contributed by atoms with Crippen molar-refractivity contribution in [3.05, 3.63) is 35.9 Å². The molecule has 1 saturated heterocycles. The van der Waals surface area contributed by atoms with Crippen molar-refractivity contribution in [1.82, 2.24) is 10.2 Å². The van der Waals surface area contributed by atoms with Crippen molar-refractivity contribution in [2.24, 2.45) is 5.92 Å². The average Bonchev–Trinajstić information content (AvgIpc) is 2.40. The van der Waals surface area contributed by atoms with Crippen molar-refractivity contribution in [3.63, 3.8) is 0 Å². The average molecular weight is 264 g/mol. The van der Waals surface area contributed by atoms with E-state index in [1.165, 1.54) is 5.56 Å². The molecule has 0 unspecified atom stereocenters. The topological polar surface area (TPSA) is 72.8 Å². The third-order valence-corrected chi connectivity index (χ3v) is 3.54. The molecule has 0 spiro atoms. The molecule has 0 radical (unpaired) electrons. The summed E-state index contributed by atoms with van der Waals surface area (Å²) >= 11 is 0. The molecule has 0 aromatic heterocycles. The molecule has 0 saturated carbocycles. The molecule has 5 nitrogen and oxygen atoms in total. The summed E-state index contributed by atoms with van der Waals surface area (Å²) in [5.41, 5.74) is 1.24. The molecule has 3 N–H and O–H groups in total. The number of hydrogen-bond donors (Lipinski definition) is 3. The molecule has 19 heavy (non-hydrogen) atoms. The highest BCUT2D eigenvalue weighted by Crippen LogP contribution is 2.18. The number of rotatable bonds is 4. The van der Waals surface area contributed by atoms with Gasteiger partial charge < -0.3 is 15.5 Å². The highest BCUT2D eigenvalue weighted by Gasteiger charge is 2.27. The van der Waals surface area contributed by atoms with Gasteiger partial charge in [0.2, 0.25) is 0 Å². The largest absolute Gasteiger partial charge is 0.465 e. The monoisotopic (exact) mass is 264 g/mol. The number of likely N-dealkylation sites (tertiary alicyclic amines) is 1. The lowest BCUT2D eigenvalue weighted by Crippen LogP contribution is -2.47. The van der Waals surface area contributed by atoms with Crippen LogP contribution in [0.5, 0.6) is 0 Å². The highest BCUT2D eigenvalue weighted by molar-refractivity contribution is 5.64. The van der Waals surface area contributed by atoms with Gasteiger partial charge in [0.05, 0.1) is 6.10 Å². The van der Waals surface area contributed by atoms with Crippen LogP contribution in [0.4, 0.5) is 4.79 Å². The maximum Gasteiger partial charge on any atom is 0.404 e. The predicted molar refractivity (Wildman–Crippen MR) is 71.9 cm³/mol. The smallest absolute Gasteiger partial charge is 0.404 e. The van der Waals surface area contributed by atoms with Crippen molar-refractivity contribution in [2.75, 3.05) is 19.6 Å². The Morgan fingerprint density at radius 2 is 2.11 bits per heavy atom. The van der Waals surface area contributed by atoms with Crippen LogP contribution in [0.15, 0.2) is 30.3 Å². The molecule has 2 atom stereocenters. The first-order chi connectivity index (χ1) is 9.15. The Balaban J connectivity index is 1.88. The summed E-state index contributed by atoms with van der Waals surface area (Å²) in [4.78, 5) is 12.8. The molecule has 1 aromatic carbocycles. The Hall–Kier alpha value is -1.59. The Kier molecular flexibility index (Phi) is 4.76. The number of hydrogen-bond acceptors (Lipinski definition) is 3. The summed E-state index contributed by atoms with van der Waals surface area (Å²) in [5, 5.41) is 20.9. The van der Waals surface area contributed by atoms with E-state index in [4.69, 9.17) is 5.11 Å². The molecule has 1 heterocycles.